The molecule has 0 aliphatic carbocycles. The number of carbonyl (C=O) groups is 2. The zero-order valence-corrected chi connectivity index (χ0v) is 12.7. The number of carboxylic acid groups (broad SMARTS) is 1. The SMILES string of the molecule is Cc1ccnc2sc(C(=O)N3CCC[C@H]3C(=O)O)c(C)c12. The largest absolute Gasteiger partial charge is 0.480 e. The van der Waals surface area contributed by atoms with Crippen molar-refractivity contribution >= 4 is 33.4 Å². The van der Waals surface area contributed by atoms with Crippen LogP contribution in [0.1, 0.15) is 33.6 Å². The number of carbonyl (C=O) groups excluding carboxylic acids is 1. The Balaban J connectivity index is 2.04. The van der Waals surface area contributed by atoms with Gasteiger partial charge in [0.2, 0.25) is 0 Å². The maximum absolute atomic E-state index is 12.7. The number of nitrogens with zero attached hydrogens (tertiary/aromatic N) is 2. The maximum Gasteiger partial charge on any atom is 0.326 e. The van der Waals surface area contributed by atoms with Crippen molar-refractivity contribution in [1.29, 1.82) is 0 Å². The Morgan fingerprint density at radius 2 is 2.19 bits per heavy atom. The second-order valence-electron chi connectivity index (χ2n) is 5.36. The zero-order valence-electron chi connectivity index (χ0n) is 11.9. The molecule has 1 saturated heterocycles. The number of rotatable bonds is 2. The molecule has 1 aliphatic rings. The monoisotopic (exact) mass is 304 g/mol. The van der Waals surface area contributed by atoms with E-state index in [4.69, 9.17) is 0 Å². The number of pyridine rings is 1. The highest BCUT2D eigenvalue weighted by Crippen LogP contribution is 2.33. The predicted octanol–water partition coefficient (Wildman–Crippen LogP) is 2.60. The van der Waals surface area contributed by atoms with Gasteiger partial charge in [0, 0.05) is 18.1 Å². The highest BCUT2D eigenvalue weighted by atomic mass is 32.1. The highest BCUT2D eigenvalue weighted by Gasteiger charge is 2.35. The number of carboxylic acids is 1. The molecule has 5 nitrogen and oxygen atoms in total. The van der Waals surface area contributed by atoms with Crippen molar-refractivity contribution in [2.75, 3.05) is 6.54 Å². The van der Waals surface area contributed by atoms with Gasteiger partial charge in [-0.15, -0.1) is 11.3 Å². The lowest BCUT2D eigenvalue weighted by atomic mass is 10.1. The summed E-state index contributed by atoms with van der Waals surface area (Å²) in [6, 6.07) is 1.22. The summed E-state index contributed by atoms with van der Waals surface area (Å²) in [5.41, 5.74) is 1.99. The predicted molar refractivity (Wildman–Crippen MR) is 80.8 cm³/mol. The average Bonchev–Trinajstić information content (AvgIpc) is 3.04. The van der Waals surface area contributed by atoms with E-state index < -0.39 is 12.0 Å². The molecule has 0 radical (unpaired) electrons. The molecule has 0 saturated carbocycles. The molecule has 21 heavy (non-hydrogen) atoms. The minimum absolute atomic E-state index is 0.181. The first kappa shape index (κ1) is 14.0. The van der Waals surface area contributed by atoms with Crippen LogP contribution >= 0.6 is 11.3 Å². The third-order valence-corrected chi connectivity index (χ3v) is 5.22. The summed E-state index contributed by atoms with van der Waals surface area (Å²) in [6.45, 7) is 4.41. The molecule has 0 aromatic carbocycles. The van der Waals surface area contributed by atoms with Gasteiger partial charge in [-0.1, -0.05) is 0 Å². The molecule has 0 bridgehead atoms. The van der Waals surface area contributed by atoms with E-state index in [2.05, 4.69) is 4.98 Å². The average molecular weight is 304 g/mol. The molecule has 1 aliphatic heterocycles. The Morgan fingerprint density at radius 1 is 1.43 bits per heavy atom. The van der Waals surface area contributed by atoms with Crippen molar-refractivity contribution in [2.24, 2.45) is 0 Å². The van der Waals surface area contributed by atoms with Crippen molar-refractivity contribution < 1.29 is 14.7 Å². The smallest absolute Gasteiger partial charge is 0.326 e. The van der Waals surface area contributed by atoms with E-state index in [1.807, 2.05) is 19.9 Å². The number of hydrogen-bond acceptors (Lipinski definition) is 4. The maximum atomic E-state index is 12.7. The second kappa shape index (κ2) is 5.11. The van der Waals surface area contributed by atoms with E-state index in [1.165, 1.54) is 16.2 Å². The van der Waals surface area contributed by atoms with Crippen LogP contribution in [0.3, 0.4) is 0 Å². The van der Waals surface area contributed by atoms with Gasteiger partial charge in [0.15, 0.2) is 0 Å². The summed E-state index contributed by atoms with van der Waals surface area (Å²) in [5.74, 6) is -1.10. The first-order valence-corrected chi connectivity index (χ1v) is 7.71. The molecule has 0 spiro atoms. The summed E-state index contributed by atoms with van der Waals surface area (Å²) >= 11 is 1.35. The van der Waals surface area contributed by atoms with Crippen LogP contribution in [0.15, 0.2) is 12.3 Å². The quantitative estimate of drug-likeness (QED) is 0.926. The van der Waals surface area contributed by atoms with Crippen LogP contribution in [0.2, 0.25) is 0 Å². The van der Waals surface area contributed by atoms with Crippen molar-refractivity contribution in [3.8, 4) is 0 Å². The molecule has 1 amide bonds. The number of aliphatic carboxylic acids is 1. The Labute approximate surface area is 126 Å². The van der Waals surface area contributed by atoms with Crippen molar-refractivity contribution in [1.82, 2.24) is 9.88 Å². The molecule has 3 heterocycles. The van der Waals surface area contributed by atoms with Gasteiger partial charge >= 0.3 is 5.97 Å². The first-order chi connectivity index (χ1) is 10.0. The van der Waals surface area contributed by atoms with Gasteiger partial charge in [-0.2, -0.15) is 0 Å². The fraction of sp³-hybridized carbons (Fsp3) is 0.400. The second-order valence-corrected chi connectivity index (χ2v) is 6.36. The Morgan fingerprint density at radius 3 is 2.86 bits per heavy atom. The molecular formula is C15H16N2O3S. The summed E-state index contributed by atoms with van der Waals surface area (Å²) in [5, 5.41) is 10.2. The molecule has 3 rings (SSSR count). The molecule has 1 fully saturated rings. The number of fused-ring (bicyclic) bond motifs is 1. The standard InChI is InChI=1S/C15H16N2O3S/c1-8-5-6-16-13-11(8)9(2)12(21-13)14(18)17-7-3-4-10(17)15(19)20/h5-6,10H,3-4,7H2,1-2H3,(H,19,20)/t10-/m0/s1. The van der Waals surface area contributed by atoms with Gasteiger partial charge in [-0.05, 0) is 43.9 Å². The number of hydrogen-bond donors (Lipinski definition) is 1. The molecular weight excluding hydrogens is 288 g/mol. The summed E-state index contributed by atoms with van der Waals surface area (Å²) in [7, 11) is 0. The van der Waals surface area contributed by atoms with Gasteiger partial charge in [0.25, 0.3) is 5.91 Å². The van der Waals surface area contributed by atoms with Crippen molar-refractivity contribution in [2.45, 2.75) is 32.7 Å². The van der Waals surface area contributed by atoms with Crippen LogP contribution in [0.4, 0.5) is 0 Å². The Bertz CT molecular complexity index is 738. The fourth-order valence-corrected chi connectivity index (χ4v) is 4.14. The summed E-state index contributed by atoms with van der Waals surface area (Å²) < 4.78 is 0. The Kier molecular flexibility index (Phi) is 3.41. The lowest BCUT2D eigenvalue weighted by Crippen LogP contribution is -2.40. The first-order valence-electron chi connectivity index (χ1n) is 6.89. The molecule has 1 atom stereocenters. The van der Waals surface area contributed by atoms with E-state index in [0.717, 1.165) is 27.8 Å². The van der Waals surface area contributed by atoms with Crippen LogP contribution < -0.4 is 0 Å². The van der Waals surface area contributed by atoms with Crippen LogP contribution in [-0.2, 0) is 4.79 Å². The number of thiophene rings is 1. The number of amides is 1. The number of aromatic nitrogens is 1. The molecule has 110 valence electrons. The molecule has 2 aromatic heterocycles. The van der Waals surface area contributed by atoms with E-state index in [1.54, 1.807) is 6.20 Å². The van der Waals surface area contributed by atoms with Gasteiger partial charge in [0.05, 0.1) is 4.88 Å². The number of aryl methyl sites for hydroxylation is 2. The van der Waals surface area contributed by atoms with Crippen molar-refractivity contribution in [3.05, 3.63) is 28.3 Å². The van der Waals surface area contributed by atoms with Gasteiger partial charge in [-0.25, -0.2) is 9.78 Å². The van der Waals surface area contributed by atoms with E-state index in [0.29, 0.717) is 17.8 Å². The summed E-state index contributed by atoms with van der Waals surface area (Å²) in [4.78, 5) is 31.2. The summed E-state index contributed by atoms with van der Waals surface area (Å²) in [6.07, 6.45) is 3.00. The topological polar surface area (TPSA) is 70.5 Å². The van der Waals surface area contributed by atoms with Gasteiger partial charge in [-0.3, -0.25) is 4.79 Å². The van der Waals surface area contributed by atoms with Crippen LogP contribution in [-0.4, -0.2) is 39.5 Å². The minimum atomic E-state index is -0.922. The molecule has 6 heteroatoms. The van der Waals surface area contributed by atoms with Crippen molar-refractivity contribution in [3.63, 3.8) is 0 Å². The third-order valence-electron chi connectivity index (χ3n) is 4.03. The third kappa shape index (κ3) is 2.19. The highest BCUT2D eigenvalue weighted by molar-refractivity contribution is 7.20. The molecule has 2 aromatic rings. The lowest BCUT2D eigenvalue weighted by molar-refractivity contribution is -0.141. The van der Waals surface area contributed by atoms with Crippen LogP contribution in [0.25, 0.3) is 10.2 Å². The normalized spacial score (nSPS) is 18.4. The van der Waals surface area contributed by atoms with Gasteiger partial charge < -0.3 is 10.0 Å². The Hall–Kier alpha value is -1.95. The lowest BCUT2D eigenvalue weighted by Gasteiger charge is -2.21. The zero-order chi connectivity index (χ0) is 15.1. The fourth-order valence-electron chi connectivity index (χ4n) is 2.95. The number of likely N-dealkylation sites (tertiary alicyclic amines) is 1. The molecule has 1 N–H and O–H groups in total. The minimum Gasteiger partial charge on any atom is -0.480 e. The van der Waals surface area contributed by atoms with E-state index in [-0.39, 0.29) is 5.91 Å². The van der Waals surface area contributed by atoms with Crippen LogP contribution in [0, 0.1) is 13.8 Å². The van der Waals surface area contributed by atoms with E-state index >= 15 is 0 Å². The van der Waals surface area contributed by atoms with Gasteiger partial charge in [0.1, 0.15) is 10.9 Å². The molecule has 0 unspecified atom stereocenters. The van der Waals surface area contributed by atoms with Crippen LogP contribution in [0.5, 0.6) is 0 Å². The van der Waals surface area contributed by atoms with E-state index in [9.17, 15) is 14.7 Å².